The molecule has 0 saturated heterocycles. The first-order chi connectivity index (χ1) is 12.6. The monoisotopic (exact) mass is 501 g/mol. The summed E-state index contributed by atoms with van der Waals surface area (Å²) in [6.45, 7) is 6.54. The molecule has 0 spiro atoms. The molecule has 150 valence electrons. The van der Waals surface area contributed by atoms with Crippen LogP contribution in [0.1, 0.15) is 29.3 Å². The van der Waals surface area contributed by atoms with Crippen LogP contribution in [-0.2, 0) is 19.4 Å². The van der Waals surface area contributed by atoms with Crippen molar-refractivity contribution in [3.63, 3.8) is 0 Å². The summed E-state index contributed by atoms with van der Waals surface area (Å²) in [6, 6.07) is 11.0. The Morgan fingerprint density at radius 2 is 1.93 bits per heavy atom. The molecule has 0 aliphatic rings. The number of aliphatic imine (C=N–C) groups is 1. The zero-order chi connectivity index (χ0) is 18.8. The van der Waals surface area contributed by atoms with Crippen LogP contribution < -0.4 is 10.6 Å². The second-order valence-corrected chi connectivity index (χ2v) is 7.66. The minimum atomic E-state index is 0. The number of guanidine groups is 1. The summed E-state index contributed by atoms with van der Waals surface area (Å²) in [5.74, 6) is 0.848. The van der Waals surface area contributed by atoms with Crippen molar-refractivity contribution in [3.8, 4) is 0 Å². The van der Waals surface area contributed by atoms with E-state index in [4.69, 9.17) is 4.99 Å². The summed E-state index contributed by atoms with van der Waals surface area (Å²) in [5.41, 5.74) is 1.35. The molecule has 0 aliphatic heterocycles. The van der Waals surface area contributed by atoms with Crippen molar-refractivity contribution < 1.29 is 0 Å². The van der Waals surface area contributed by atoms with Gasteiger partial charge in [-0.2, -0.15) is 0 Å². The first-order valence-electron chi connectivity index (χ1n) is 9.28. The van der Waals surface area contributed by atoms with E-state index in [0.717, 1.165) is 36.9 Å². The molecule has 5 nitrogen and oxygen atoms in total. The maximum atomic E-state index is 4.69. The van der Waals surface area contributed by atoms with Crippen LogP contribution in [0.2, 0.25) is 0 Å². The van der Waals surface area contributed by atoms with Crippen LogP contribution in [0.3, 0.4) is 0 Å². The molecule has 2 aromatic rings. The molecule has 1 atom stereocenters. The van der Waals surface area contributed by atoms with Crippen molar-refractivity contribution >= 4 is 41.3 Å². The Balaban J connectivity index is 0.00000364. The maximum Gasteiger partial charge on any atom is 0.191 e. The summed E-state index contributed by atoms with van der Waals surface area (Å²) >= 11 is 1.74. The molecule has 0 aliphatic carbocycles. The van der Waals surface area contributed by atoms with Gasteiger partial charge in [-0.05, 0) is 39.4 Å². The van der Waals surface area contributed by atoms with Crippen molar-refractivity contribution in [1.29, 1.82) is 0 Å². The number of hydrogen-bond donors (Lipinski definition) is 2. The first kappa shape index (κ1) is 23.8. The van der Waals surface area contributed by atoms with Gasteiger partial charge in [-0.15, -0.1) is 35.3 Å². The van der Waals surface area contributed by atoms with Crippen LogP contribution in [0.15, 0.2) is 41.5 Å². The molecule has 0 radical (unpaired) electrons. The molecule has 2 N–H and O–H groups in total. The minimum absolute atomic E-state index is 0. The van der Waals surface area contributed by atoms with Gasteiger partial charge in [-0.3, -0.25) is 0 Å². The largest absolute Gasteiger partial charge is 0.357 e. The molecule has 0 saturated carbocycles. The number of nitrogens with zero attached hydrogens (tertiary/aromatic N) is 3. The number of aromatic nitrogens is 1. The molecule has 0 amide bonds. The fraction of sp³-hybridized carbons (Fsp3) is 0.500. The third-order valence-corrected chi connectivity index (χ3v) is 5.34. The Labute approximate surface area is 184 Å². The van der Waals surface area contributed by atoms with E-state index in [2.05, 4.69) is 78.8 Å². The number of rotatable bonds is 9. The molecular weight excluding hydrogens is 469 g/mol. The maximum absolute atomic E-state index is 4.69. The number of aryl methyl sites for hydroxylation is 1. The zero-order valence-electron chi connectivity index (χ0n) is 16.7. The standard InChI is InChI=1S/C20H31N5S.HI/c1-5-18-14-22-19(26-18)15-24-20(21-6-2)23-13-17(25(3)4)12-16-10-8-7-9-11-16;/h7-11,14,17H,5-6,12-13,15H2,1-4H3,(H2,21,23,24);1H. The number of thiazole rings is 1. The van der Waals surface area contributed by atoms with Gasteiger partial charge in [0, 0.05) is 30.2 Å². The van der Waals surface area contributed by atoms with Crippen molar-refractivity contribution in [1.82, 2.24) is 20.5 Å². The van der Waals surface area contributed by atoms with Gasteiger partial charge < -0.3 is 15.5 Å². The van der Waals surface area contributed by atoms with Crippen LogP contribution in [0.5, 0.6) is 0 Å². The highest BCUT2D eigenvalue weighted by atomic mass is 127. The predicted molar refractivity (Wildman–Crippen MR) is 127 cm³/mol. The minimum Gasteiger partial charge on any atom is -0.357 e. The Kier molecular flexibility index (Phi) is 11.5. The Morgan fingerprint density at radius 1 is 1.19 bits per heavy atom. The molecule has 1 aromatic carbocycles. The predicted octanol–water partition coefficient (Wildman–Crippen LogP) is 3.55. The number of likely N-dealkylation sites (N-methyl/N-ethyl adjacent to an activating group) is 1. The summed E-state index contributed by atoms with van der Waals surface area (Å²) in [6.07, 6.45) is 3.99. The molecule has 0 bridgehead atoms. The molecule has 2 rings (SSSR count). The van der Waals surface area contributed by atoms with Gasteiger partial charge >= 0.3 is 0 Å². The van der Waals surface area contributed by atoms with E-state index in [1.54, 1.807) is 11.3 Å². The van der Waals surface area contributed by atoms with Gasteiger partial charge in [-0.1, -0.05) is 37.3 Å². The average Bonchev–Trinajstić information content (AvgIpc) is 3.11. The molecule has 27 heavy (non-hydrogen) atoms. The van der Waals surface area contributed by atoms with Crippen molar-refractivity contribution in [2.45, 2.75) is 39.3 Å². The topological polar surface area (TPSA) is 52.6 Å². The van der Waals surface area contributed by atoms with Crippen LogP contribution in [0, 0.1) is 0 Å². The Hall–Kier alpha value is -1.19. The van der Waals surface area contributed by atoms with Crippen LogP contribution in [0.4, 0.5) is 0 Å². The summed E-state index contributed by atoms with van der Waals surface area (Å²) < 4.78 is 0. The molecule has 1 heterocycles. The zero-order valence-corrected chi connectivity index (χ0v) is 19.9. The number of hydrogen-bond acceptors (Lipinski definition) is 4. The quantitative estimate of drug-likeness (QED) is 0.314. The van der Waals surface area contributed by atoms with E-state index in [9.17, 15) is 0 Å². The van der Waals surface area contributed by atoms with Gasteiger partial charge in [0.15, 0.2) is 5.96 Å². The van der Waals surface area contributed by atoms with E-state index < -0.39 is 0 Å². The fourth-order valence-electron chi connectivity index (χ4n) is 2.61. The highest BCUT2D eigenvalue weighted by Gasteiger charge is 2.13. The lowest BCUT2D eigenvalue weighted by Gasteiger charge is -2.25. The Bertz CT molecular complexity index is 672. The van der Waals surface area contributed by atoms with Crippen LogP contribution in [0.25, 0.3) is 0 Å². The number of nitrogens with one attached hydrogen (secondary N) is 2. The van der Waals surface area contributed by atoms with Crippen molar-refractivity contribution in [2.75, 3.05) is 27.2 Å². The second kappa shape index (κ2) is 13.1. The van der Waals surface area contributed by atoms with E-state index in [0.29, 0.717) is 12.6 Å². The lowest BCUT2D eigenvalue weighted by molar-refractivity contribution is 0.290. The average molecular weight is 501 g/mol. The van der Waals surface area contributed by atoms with Gasteiger partial charge in [0.25, 0.3) is 0 Å². The number of benzene rings is 1. The van der Waals surface area contributed by atoms with E-state index in [1.807, 2.05) is 6.20 Å². The SMILES string of the molecule is CCNC(=NCc1ncc(CC)s1)NCC(Cc1ccccc1)N(C)C.I. The second-order valence-electron chi connectivity index (χ2n) is 6.46. The van der Waals surface area contributed by atoms with E-state index in [1.165, 1.54) is 10.4 Å². The Morgan fingerprint density at radius 3 is 2.52 bits per heavy atom. The third-order valence-electron chi connectivity index (χ3n) is 4.22. The van der Waals surface area contributed by atoms with Crippen LogP contribution in [-0.4, -0.2) is 49.1 Å². The lowest BCUT2D eigenvalue weighted by Crippen LogP contribution is -2.46. The summed E-state index contributed by atoms with van der Waals surface area (Å²) in [5, 5.41) is 7.88. The summed E-state index contributed by atoms with van der Waals surface area (Å²) in [7, 11) is 4.25. The van der Waals surface area contributed by atoms with Gasteiger partial charge in [0.2, 0.25) is 0 Å². The van der Waals surface area contributed by atoms with Crippen LogP contribution >= 0.6 is 35.3 Å². The molecule has 0 fully saturated rings. The van der Waals surface area contributed by atoms with Gasteiger partial charge in [0.1, 0.15) is 5.01 Å². The third kappa shape index (κ3) is 8.57. The fourth-order valence-corrected chi connectivity index (χ4v) is 3.40. The lowest BCUT2D eigenvalue weighted by atomic mass is 10.1. The normalized spacial score (nSPS) is 12.6. The smallest absolute Gasteiger partial charge is 0.191 e. The molecule has 1 unspecified atom stereocenters. The van der Waals surface area contributed by atoms with Gasteiger partial charge in [0.05, 0.1) is 6.54 Å². The molecule has 1 aromatic heterocycles. The highest BCUT2D eigenvalue weighted by molar-refractivity contribution is 14.0. The van der Waals surface area contributed by atoms with Crippen molar-refractivity contribution in [3.05, 3.63) is 52.0 Å². The molecule has 7 heteroatoms. The van der Waals surface area contributed by atoms with E-state index in [-0.39, 0.29) is 24.0 Å². The number of halogens is 1. The van der Waals surface area contributed by atoms with Gasteiger partial charge in [-0.25, -0.2) is 9.98 Å². The van der Waals surface area contributed by atoms with Crippen molar-refractivity contribution in [2.24, 2.45) is 4.99 Å². The van der Waals surface area contributed by atoms with E-state index >= 15 is 0 Å². The first-order valence-corrected chi connectivity index (χ1v) is 10.1. The highest BCUT2D eigenvalue weighted by Crippen LogP contribution is 2.14. The summed E-state index contributed by atoms with van der Waals surface area (Å²) in [4.78, 5) is 12.7. The molecular formula is C20H32IN5S.